The molecule has 4 rings (SSSR count). The van der Waals surface area contributed by atoms with E-state index in [1.807, 2.05) is 18.7 Å². The van der Waals surface area contributed by atoms with Gasteiger partial charge < -0.3 is 15.3 Å². The molecule has 10 nitrogen and oxygen atoms in total. The van der Waals surface area contributed by atoms with Gasteiger partial charge in [-0.1, -0.05) is 6.07 Å². The molecule has 0 atom stereocenters. The van der Waals surface area contributed by atoms with E-state index >= 15 is 0 Å². The lowest BCUT2D eigenvalue weighted by Gasteiger charge is -2.21. The molecular formula is C20H22FN7O3. The van der Waals surface area contributed by atoms with Crippen molar-refractivity contribution in [2.24, 2.45) is 0 Å². The summed E-state index contributed by atoms with van der Waals surface area (Å²) in [5, 5.41) is 17.1. The number of hydrogen-bond donors (Lipinski definition) is 2. The molecule has 0 bridgehead atoms. The molecule has 1 aromatic carbocycles. The van der Waals surface area contributed by atoms with E-state index in [1.165, 1.54) is 33.8 Å². The predicted octanol–water partition coefficient (Wildman–Crippen LogP) is 1.14. The Labute approximate surface area is 177 Å². The maximum Gasteiger partial charge on any atom is 0.298 e. The molecule has 0 radical (unpaired) electrons. The SMILES string of the molecule is Cc1ncn(-c2cc(F)ccc2CNC(=O)c2nc3n(c(=O)c2O)CCN3C(C)C)n1. The highest BCUT2D eigenvalue weighted by Crippen LogP contribution is 2.23. The number of hydrogen-bond acceptors (Lipinski definition) is 7. The van der Waals surface area contributed by atoms with Crippen molar-refractivity contribution in [2.75, 3.05) is 11.4 Å². The molecular weight excluding hydrogens is 405 g/mol. The number of anilines is 1. The third-order valence-corrected chi connectivity index (χ3v) is 5.13. The third kappa shape index (κ3) is 3.74. The molecule has 1 aliphatic rings. The summed E-state index contributed by atoms with van der Waals surface area (Å²) >= 11 is 0. The highest BCUT2D eigenvalue weighted by Gasteiger charge is 2.29. The second kappa shape index (κ2) is 7.82. The number of benzene rings is 1. The van der Waals surface area contributed by atoms with Crippen molar-refractivity contribution in [3.63, 3.8) is 0 Å². The van der Waals surface area contributed by atoms with E-state index in [0.29, 0.717) is 36.1 Å². The molecule has 0 spiro atoms. The molecule has 1 aliphatic heterocycles. The van der Waals surface area contributed by atoms with Crippen LogP contribution in [0.5, 0.6) is 5.75 Å². The first kappa shape index (κ1) is 20.5. The van der Waals surface area contributed by atoms with Gasteiger partial charge in [0.25, 0.3) is 11.5 Å². The maximum atomic E-state index is 13.8. The van der Waals surface area contributed by atoms with E-state index in [1.54, 1.807) is 6.92 Å². The fraction of sp³-hybridized carbons (Fsp3) is 0.350. The van der Waals surface area contributed by atoms with Crippen LogP contribution in [-0.4, -0.2) is 47.9 Å². The Bertz CT molecular complexity index is 1220. The molecule has 3 aromatic rings. The van der Waals surface area contributed by atoms with Gasteiger partial charge in [-0.2, -0.15) is 5.10 Å². The fourth-order valence-electron chi connectivity index (χ4n) is 3.53. The smallest absolute Gasteiger partial charge is 0.298 e. The van der Waals surface area contributed by atoms with Crippen molar-refractivity contribution in [3.05, 3.63) is 57.8 Å². The highest BCUT2D eigenvalue weighted by atomic mass is 19.1. The second-order valence-corrected chi connectivity index (χ2v) is 7.55. The van der Waals surface area contributed by atoms with E-state index in [4.69, 9.17) is 0 Å². The van der Waals surface area contributed by atoms with Crippen molar-refractivity contribution in [3.8, 4) is 11.4 Å². The van der Waals surface area contributed by atoms with Gasteiger partial charge in [0.2, 0.25) is 11.7 Å². The van der Waals surface area contributed by atoms with Crippen LogP contribution in [0.15, 0.2) is 29.3 Å². The van der Waals surface area contributed by atoms with Crippen molar-refractivity contribution >= 4 is 11.9 Å². The number of nitrogens with zero attached hydrogens (tertiary/aromatic N) is 6. The summed E-state index contributed by atoms with van der Waals surface area (Å²) in [7, 11) is 0. The lowest BCUT2D eigenvalue weighted by Crippen LogP contribution is -2.32. The number of amides is 1. The fourth-order valence-corrected chi connectivity index (χ4v) is 3.53. The molecule has 162 valence electrons. The standard InChI is InChI=1S/C20H22FN7O3/c1-11(2)26-6-7-27-19(31)17(29)16(24-20(26)27)18(30)22-9-13-4-5-14(21)8-15(13)28-10-23-12(3)25-28/h4-5,8,10-11,29H,6-7,9H2,1-3H3,(H,22,30). The lowest BCUT2D eigenvalue weighted by molar-refractivity contribution is 0.0942. The molecule has 0 fully saturated rings. The Morgan fingerprint density at radius 3 is 2.77 bits per heavy atom. The van der Waals surface area contributed by atoms with Gasteiger partial charge >= 0.3 is 0 Å². The molecule has 2 N–H and O–H groups in total. The largest absolute Gasteiger partial charge is 0.501 e. The van der Waals surface area contributed by atoms with Crippen LogP contribution in [0.4, 0.5) is 10.3 Å². The van der Waals surface area contributed by atoms with Crippen LogP contribution in [0, 0.1) is 12.7 Å². The zero-order chi connectivity index (χ0) is 22.3. The molecule has 0 saturated carbocycles. The summed E-state index contributed by atoms with van der Waals surface area (Å²) in [6.45, 7) is 6.58. The van der Waals surface area contributed by atoms with Gasteiger partial charge in [-0.05, 0) is 38.5 Å². The van der Waals surface area contributed by atoms with Crippen LogP contribution < -0.4 is 15.8 Å². The lowest BCUT2D eigenvalue weighted by atomic mass is 10.1. The number of aryl methyl sites for hydroxylation is 1. The Kier molecular flexibility index (Phi) is 5.17. The summed E-state index contributed by atoms with van der Waals surface area (Å²) in [6, 6.07) is 4.15. The molecule has 11 heteroatoms. The van der Waals surface area contributed by atoms with E-state index in [2.05, 4.69) is 20.4 Å². The van der Waals surface area contributed by atoms with Crippen LogP contribution in [0.2, 0.25) is 0 Å². The molecule has 0 unspecified atom stereocenters. The summed E-state index contributed by atoms with van der Waals surface area (Å²) in [5.74, 6) is -1.00. The Morgan fingerprint density at radius 2 is 2.10 bits per heavy atom. The van der Waals surface area contributed by atoms with Gasteiger partial charge in [0.05, 0.1) is 5.69 Å². The maximum absolute atomic E-state index is 13.8. The van der Waals surface area contributed by atoms with Crippen molar-refractivity contribution in [2.45, 2.75) is 39.9 Å². The molecule has 1 amide bonds. The Balaban J connectivity index is 1.62. The average Bonchev–Trinajstić information content (AvgIpc) is 3.35. The number of nitrogens with one attached hydrogen (secondary N) is 1. The normalized spacial score (nSPS) is 13.0. The van der Waals surface area contributed by atoms with E-state index in [-0.39, 0.29) is 18.3 Å². The summed E-state index contributed by atoms with van der Waals surface area (Å²) < 4.78 is 16.6. The predicted molar refractivity (Wildman–Crippen MR) is 110 cm³/mol. The van der Waals surface area contributed by atoms with Gasteiger partial charge in [0, 0.05) is 25.7 Å². The van der Waals surface area contributed by atoms with Crippen LogP contribution in [-0.2, 0) is 13.1 Å². The van der Waals surface area contributed by atoms with Gasteiger partial charge in [0.1, 0.15) is 18.0 Å². The van der Waals surface area contributed by atoms with Gasteiger partial charge in [0.15, 0.2) is 5.69 Å². The van der Waals surface area contributed by atoms with Crippen LogP contribution >= 0.6 is 0 Å². The Morgan fingerprint density at radius 1 is 1.32 bits per heavy atom. The Hall–Kier alpha value is -3.76. The average molecular weight is 427 g/mol. The minimum absolute atomic E-state index is 0.000781. The molecule has 0 aliphatic carbocycles. The zero-order valence-corrected chi connectivity index (χ0v) is 17.3. The first-order valence-corrected chi connectivity index (χ1v) is 9.82. The van der Waals surface area contributed by atoms with Gasteiger partial charge in [-0.15, -0.1) is 0 Å². The molecule has 31 heavy (non-hydrogen) atoms. The third-order valence-electron chi connectivity index (χ3n) is 5.13. The second-order valence-electron chi connectivity index (χ2n) is 7.55. The van der Waals surface area contributed by atoms with Gasteiger partial charge in [-0.3, -0.25) is 14.2 Å². The van der Waals surface area contributed by atoms with Crippen molar-refractivity contribution < 1.29 is 14.3 Å². The number of carbonyl (C=O) groups is 1. The van der Waals surface area contributed by atoms with E-state index in [0.717, 1.165) is 0 Å². The number of fused-ring (bicyclic) bond motifs is 1. The van der Waals surface area contributed by atoms with Crippen molar-refractivity contribution in [1.29, 1.82) is 0 Å². The molecule has 3 heterocycles. The van der Waals surface area contributed by atoms with Crippen LogP contribution in [0.1, 0.15) is 35.7 Å². The van der Waals surface area contributed by atoms with E-state index in [9.17, 15) is 19.1 Å². The first-order valence-electron chi connectivity index (χ1n) is 9.82. The van der Waals surface area contributed by atoms with Crippen LogP contribution in [0.3, 0.4) is 0 Å². The van der Waals surface area contributed by atoms with Crippen molar-refractivity contribution in [1.82, 2.24) is 29.6 Å². The molecule has 0 saturated heterocycles. The highest BCUT2D eigenvalue weighted by molar-refractivity contribution is 5.95. The number of carbonyl (C=O) groups excluding carboxylic acids is 1. The minimum atomic E-state index is -0.710. The van der Waals surface area contributed by atoms with E-state index < -0.39 is 23.0 Å². The monoisotopic (exact) mass is 427 g/mol. The number of aromatic hydroxyl groups is 1. The summed E-state index contributed by atoms with van der Waals surface area (Å²) in [4.78, 5) is 35.5. The van der Waals surface area contributed by atoms with Crippen LogP contribution in [0.25, 0.3) is 5.69 Å². The molecule has 2 aromatic heterocycles. The number of rotatable bonds is 5. The van der Waals surface area contributed by atoms with Gasteiger partial charge in [-0.25, -0.2) is 19.0 Å². The number of halogens is 1. The first-order chi connectivity index (χ1) is 14.8. The summed E-state index contributed by atoms with van der Waals surface area (Å²) in [5.41, 5.74) is -0.0122. The topological polar surface area (TPSA) is 118 Å². The zero-order valence-electron chi connectivity index (χ0n) is 17.3. The minimum Gasteiger partial charge on any atom is -0.501 e. The summed E-state index contributed by atoms with van der Waals surface area (Å²) in [6.07, 6.45) is 1.45. The number of aromatic nitrogens is 5. The quantitative estimate of drug-likeness (QED) is 0.627.